The third kappa shape index (κ3) is 3.20. The van der Waals surface area contributed by atoms with Crippen molar-refractivity contribution in [2.24, 2.45) is 0 Å². The van der Waals surface area contributed by atoms with Gasteiger partial charge in [0.2, 0.25) is 11.8 Å². The van der Waals surface area contributed by atoms with E-state index in [1.165, 1.54) is 4.90 Å². The van der Waals surface area contributed by atoms with Crippen molar-refractivity contribution in [3.05, 3.63) is 35.9 Å². The molecular weight excluding hydrogens is 264 g/mol. The predicted octanol–water partition coefficient (Wildman–Crippen LogP) is 0.0646. The van der Waals surface area contributed by atoms with Crippen molar-refractivity contribution in [1.82, 2.24) is 10.2 Å². The molecule has 1 aromatic rings. The lowest BCUT2D eigenvalue weighted by Crippen LogP contribution is -2.54. The van der Waals surface area contributed by atoms with Gasteiger partial charge in [0.15, 0.2) is 0 Å². The molecule has 19 heavy (non-hydrogen) atoms. The van der Waals surface area contributed by atoms with Gasteiger partial charge in [-0.15, -0.1) is 0 Å². The summed E-state index contributed by atoms with van der Waals surface area (Å²) in [5, 5.41) is 2.59. The van der Waals surface area contributed by atoms with Crippen LogP contribution in [0, 0.1) is 0 Å². The maximum absolute atomic E-state index is 12.0. The minimum absolute atomic E-state index is 0.0124. The lowest BCUT2D eigenvalue weighted by molar-refractivity contribution is -0.145. The molecule has 5 nitrogen and oxygen atoms in total. The molecular formula is C13H16N2O3S. The Kier molecular flexibility index (Phi) is 4.31. The maximum atomic E-state index is 12.0. The molecule has 2 rings (SSSR count). The second-order valence-electron chi connectivity index (χ2n) is 4.40. The van der Waals surface area contributed by atoms with E-state index in [1.807, 2.05) is 30.3 Å². The fourth-order valence-electron chi connectivity index (χ4n) is 2.09. The number of hydrogen-bond acceptors (Lipinski definition) is 3. The first-order valence-electron chi connectivity index (χ1n) is 6.02. The Balaban J connectivity index is 2.26. The highest BCUT2D eigenvalue weighted by Gasteiger charge is 2.35. The van der Waals surface area contributed by atoms with Gasteiger partial charge in [0, 0.05) is 29.4 Å². The monoisotopic (exact) mass is 280 g/mol. The molecule has 6 heteroatoms. The van der Waals surface area contributed by atoms with Gasteiger partial charge in [-0.05, 0) is 5.56 Å². The zero-order valence-electron chi connectivity index (χ0n) is 10.7. The van der Waals surface area contributed by atoms with Gasteiger partial charge in [0.05, 0.1) is 6.54 Å². The molecule has 1 aliphatic heterocycles. The summed E-state index contributed by atoms with van der Waals surface area (Å²) < 4.78 is 11.2. The van der Waals surface area contributed by atoms with E-state index in [0.717, 1.165) is 5.56 Å². The van der Waals surface area contributed by atoms with Crippen molar-refractivity contribution in [3.8, 4) is 0 Å². The summed E-state index contributed by atoms with van der Waals surface area (Å²) >= 11 is 0. The summed E-state index contributed by atoms with van der Waals surface area (Å²) in [7, 11) is -0.990. The molecule has 0 radical (unpaired) electrons. The number of rotatable bonds is 4. The number of benzene rings is 1. The third-order valence-electron chi connectivity index (χ3n) is 3.03. The van der Waals surface area contributed by atoms with Crippen LogP contribution in [0.2, 0.25) is 0 Å². The largest absolute Gasteiger partial charge is 0.345 e. The van der Waals surface area contributed by atoms with E-state index in [4.69, 9.17) is 0 Å². The molecule has 1 N–H and O–H groups in total. The number of hydrogen-bond donors (Lipinski definition) is 1. The number of nitrogens with one attached hydrogen (secondary N) is 1. The highest BCUT2D eigenvalue weighted by atomic mass is 32.2. The lowest BCUT2D eigenvalue weighted by atomic mass is 10.0. The van der Waals surface area contributed by atoms with Gasteiger partial charge in [-0.3, -0.25) is 13.8 Å². The van der Waals surface area contributed by atoms with Gasteiger partial charge >= 0.3 is 0 Å². The number of carbonyl (C=O) groups excluding carboxylic acids is 2. The average Bonchev–Trinajstić information content (AvgIpc) is 2.40. The first kappa shape index (κ1) is 13.7. The van der Waals surface area contributed by atoms with E-state index in [-0.39, 0.29) is 18.4 Å². The molecule has 2 amide bonds. The van der Waals surface area contributed by atoms with Crippen molar-refractivity contribution in [2.75, 3.05) is 25.1 Å². The second-order valence-corrected chi connectivity index (χ2v) is 5.95. The Morgan fingerprint density at radius 3 is 2.63 bits per heavy atom. The van der Waals surface area contributed by atoms with E-state index in [1.54, 1.807) is 6.26 Å². The highest BCUT2D eigenvalue weighted by molar-refractivity contribution is 7.84. The Morgan fingerprint density at radius 2 is 2.00 bits per heavy atom. The van der Waals surface area contributed by atoms with E-state index >= 15 is 0 Å². The first-order chi connectivity index (χ1) is 9.09. The topological polar surface area (TPSA) is 66.5 Å². The van der Waals surface area contributed by atoms with E-state index < -0.39 is 16.8 Å². The molecule has 1 aliphatic rings. The summed E-state index contributed by atoms with van der Waals surface area (Å²) in [4.78, 5) is 25.5. The van der Waals surface area contributed by atoms with Gasteiger partial charge < -0.3 is 10.2 Å². The molecule has 1 fully saturated rings. The van der Waals surface area contributed by atoms with Gasteiger partial charge in [-0.1, -0.05) is 30.3 Å². The molecule has 0 saturated carbocycles. The molecule has 1 saturated heterocycles. The minimum atomic E-state index is -0.990. The van der Waals surface area contributed by atoms with E-state index in [2.05, 4.69) is 5.32 Å². The van der Waals surface area contributed by atoms with Crippen LogP contribution in [0.25, 0.3) is 0 Å². The summed E-state index contributed by atoms with van der Waals surface area (Å²) in [6.45, 7) is 0.341. The van der Waals surface area contributed by atoms with Crippen molar-refractivity contribution < 1.29 is 13.8 Å². The molecule has 0 aliphatic carbocycles. The van der Waals surface area contributed by atoms with Crippen molar-refractivity contribution in [1.29, 1.82) is 0 Å². The zero-order valence-corrected chi connectivity index (χ0v) is 11.5. The van der Waals surface area contributed by atoms with Crippen LogP contribution in [-0.4, -0.2) is 46.0 Å². The summed E-state index contributed by atoms with van der Waals surface area (Å²) in [6.07, 6.45) is 1.59. The third-order valence-corrected chi connectivity index (χ3v) is 3.79. The van der Waals surface area contributed by atoms with Crippen LogP contribution >= 0.6 is 0 Å². The Labute approximate surface area is 114 Å². The maximum Gasteiger partial charge on any atom is 0.247 e. The minimum Gasteiger partial charge on any atom is -0.345 e. The quantitative estimate of drug-likeness (QED) is 0.848. The fraction of sp³-hybridized carbons (Fsp3) is 0.385. The van der Waals surface area contributed by atoms with Gasteiger partial charge in [0.25, 0.3) is 0 Å². The Hall–Kier alpha value is -1.69. The van der Waals surface area contributed by atoms with Crippen LogP contribution < -0.4 is 5.32 Å². The van der Waals surface area contributed by atoms with Crippen LogP contribution in [0.5, 0.6) is 0 Å². The van der Waals surface area contributed by atoms with Crippen LogP contribution in [0.4, 0.5) is 0 Å². The van der Waals surface area contributed by atoms with Gasteiger partial charge in [-0.2, -0.15) is 0 Å². The molecule has 0 bridgehead atoms. The van der Waals surface area contributed by atoms with Gasteiger partial charge in [0.1, 0.15) is 6.04 Å². The number of carbonyl (C=O) groups is 2. The normalized spacial score (nSPS) is 21.1. The first-order valence-corrected chi connectivity index (χ1v) is 7.74. The molecule has 1 aromatic carbocycles. The number of piperazine rings is 1. The van der Waals surface area contributed by atoms with Crippen LogP contribution in [0.15, 0.2) is 30.3 Å². The smallest absolute Gasteiger partial charge is 0.247 e. The number of amides is 2. The van der Waals surface area contributed by atoms with Crippen molar-refractivity contribution in [3.63, 3.8) is 0 Å². The molecule has 0 aromatic heterocycles. The molecule has 2 atom stereocenters. The molecule has 2 unspecified atom stereocenters. The van der Waals surface area contributed by atoms with Crippen molar-refractivity contribution in [2.45, 2.75) is 6.04 Å². The van der Waals surface area contributed by atoms with Crippen LogP contribution in [-0.2, 0) is 20.4 Å². The van der Waals surface area contributed by atoms with Gasteiger partial charge in [-0.25, -0.2) is 0 Å². The fourth-order valence-corrected chi connectivity index (χ4v) is 2.55. The number of nitrogens with zero attached hydrogens (tertiary/aromatic N) is 1. The molecule has 1 heterocycles. The summed E-state index contributed by atoms with van der Waals surface area (Å²) in [5.41, 5.74) is 0.773. The van der Waals surface area contributed by atoms with Crippen LogP contribution in [0.3, 0.4) is 0 Å². The Bertz CT molecular complexity index is 504. The lowest BCUT2D eigenvalue weighted by Gasteiger charge is -2.35. The average molecular weight is 280 g/mol. The summed E-state index contributed by atoms with van der Waals surface area (Å²) in [6, 6.07) is 8.54. The van der Waals surface area contributed by atoms with E-state index in [9.17, 15) is 13.8 Å². The predicted molar refractivity (Wildman–Crippen MR) is 72.8 cm³/mol. The SMILES string of the molecule is CS(=O)CCN1C(=O)CNC(=O)C1c1ccccc1. The highest BCUT2D eigenvalue weighted by Crippen LogP contribution is 2.23. The Morgan fingerprint density at radius 1 is 1.32 bits per heavy atom. The van der Waals surface area contributed by atoms with Crippen molar-refractivity contribution >= 4 is 22.6 Å². The molecule has 0 spiro atoms. The van der Waals surface area contributed by atoms with E-state index in [0.29, 0.717) is 12.3 Å². The molecule has 102 valence electrons. The summed E-state index contributed by atoms with van der Waals surface area (Å²) in [5.74, 6) is 0.0501. The zero-order chi connectivity index (χ0) is 13.8. The second kappa shape index (κ2) is 5.97. The van der Waals surface area contributed by atoms with Crippen LogP contribution in [0.1, 0.15) is 11.6 Å². The standard InChI is InChI=1S/C13H16N2O3S/c1-19(18)8-7-15-11(16)9-14-13(17)12(15)10-5-3-2-4-6-10/h2-6,12H,7-9H2,1H3,(H,14,17).